The van der Waals surface area contributed by atoms with Crippen LogP contribution in [0.4, 0.5) is 11.5 Å². The van der Waals surface area contributed by atoms with Gasteiger partial charge in [0.15, 0.2) is 0 Å². The van der Waals surface area contributed by atoms with Crippen molar-refractivity contribution in [3.63, 3.8) is 0 Å². The summed E-state index contributed by atoms with van der Waals surface area (Å²) in [4.78, 5) is 25.0. The molecule has 1 N–H and O–H groups in total. The molecule has 6 heteroatoms. The third kappa shape index (κ3) is 4.80. The van der Waals surface area contributed by atoms with Gasteiger partial charge in [-0.3, -0.25) is 14.7 Å². The molecule has 0 unspecified atom stereocenters. The molecule has 1 aromatic heterocycles. The second-order valence-corrected chi connectivity index (χ2v) is 8.34. The smallest absolute Gasteiger partial charge is 0.223 e. The highest BCUT2D eigenvalue weighted by Gasteiger charge is 2.25. The lowest BCUT2D eigenvalue weighted by atomic mass is 9.96. The van der Waals surface area contributed by atoms with Gasteiger partial charge in [0.2, 0.25) is 11.6 Å². The number of anilines is 1. The Morgan fingerprint density at radius 2 is 2.03 bits per heavy atom. The van der Waals surface area contributed by atoms with Crippen LogP contribution in [0.15, 0.2) is 36.5 Å². The number of aryl methyl sites for hydroxylation is 1. The average Bonchev–Trinajstić information content (AvgIpc) is 2.79. The van der Waals surface area contributed by atoms with E-state index in [1.165, 1.54) is 16.7 Å². The number of hydrogen-bond donors (Lipinski definition) is 1. The van der Waals surface area contributed by atoms with Crippen molar-refractivity contribution < 1.29 is 4.79 Å². The molecule has 3 heterocycles. The van der Waals surface area contributed by atoms with E-state index < -0.39 is 0 Å². The number of rotatable bonds is 5. The minimum atomic E-state index is 0.0776. The molecule has 0 radical (unpaired) electrons. The number of nitrogens with one attached hydrogen (secondary N) is 1. The van der Waals surface area contributed by atoms with Crippen LogP contribution < -0.4 is 10.2 Å². The van der Waals surface area contributed by atoms with E-state index in [4.69, 9.17) is 6.57 Å². The highest BCUT2D eigenvalue weighted by atomic mass is 16.1. The molecular weight excluding hydrogens is 374 g/mol. The lowest BCUT2D eigenvalue weighted by molar-refractivity contribution is -0.125. The molecule has 1 amide bonds. The Hall–Kier alpha value is -2.91. The van der Waals surface area contributed by atoms with Gasteiger partial charge in [-0.05, 0) is 43.4 Å². The van der Waals surface area contributed by atoms with E-state index in [-0.39, 0.29) is 11.8 Å². The first-order valence-electron chi connectivity index (χ1n) is 10.8. The van der Waals surface area contributed by atoms with Crippen molar-refractivity contribution in [3.8, 4) is 0 Å². The summed E-state index contributed by atoms with van der Waals surface area (Å²) in [5, 5.41) is 3.15. The summed E-state index contributed by atoms with van der Waals surface area (Å²) < 4.78 is 0. The first kappa shape index (κ1) is 20.4. The van der Waals surface area contributed by atoms with E-state index in [1.54, 1.807) is 12.3 Å². The number of amides is 1. The first-order valence-corrected chi connectivity index (χ1v) is 10.8. The number of carbonyl (C=O) groups is 1. The Morgan fingerprint density at radius 3 is 2.77 bits per heavy atom. The summed E-state index contributed by atoms with van der Waals surface area (Å²) in [5.74, 6) is 1.15. The first-order chi connectivity index (χ1) is 14.6. The standard InChI is InChI=1S/C24H29N5O/c1-18-3-4-21-17-28(11-7-20(21)15-18)14-10-26-24(30)19-8-12-29(13-9-19)23-6-5-22(25-2)16-27-23/h3-6,15-16,19H,7-14,17H2,1H3,(H,26,30). The number of nitrogens with zero attached hydrogens (tertiary/aromatic N) is 4. The Balaban J connectivity index is 1.19. The van der Waals surface area contributed by atoms with Crippen LogP contribution in [-0.4, -0.2) is 48.5 Å². The molecule has 4 rings (SSSR count). The van der Waals surface area contributed by atoms with Crippen molar-refractivity contribution in [1.82, 2.24) is 15.2 Å². The number of hydrogen-bond acceptors (Lipinski definition) is 4. The number of piperidine rings is 1. The highest BCUT2D eigenvalue weighted by Crippen LogP contribution is 2.24. The van der Waals surface area contributed by atoms with Gasteiger partial charge in [-0.2, -0.15) is 0 Å². The van der Waals surface area contributed by atoms with Gasteiger partial charge in [-0.15, -0.1) is 0 Å². The van der Waals surface area contributed by atoms with Crippen LogP contribution in [0.2, 0.25) is 0 Å². The van der Waals surface area contributed by atoms with E-state index >= 15 is 0 Å². The Labute approximate surface area is 178 Å². The fourth-order valence-corrected chi connectivity index (χ4v) is 4.41. The van der Waals surface area contributed by atoms with Crippen LogP contribution >= 0.6 is 0 Å². The summed E-state index contributed by atoms with van der Waals surface area (Å²) >= 11 is 0. The van der Waals surface area contributed by atoms with Crippen LogP contribution in [0.1, 0.15) is 29.5 Å². The number of fused-ring (bicyclic) bond motifs is 1. The Morgan fingerprint density at radius 1 is 1.20 bits per heavy atom. The maximum absolute atomic E-state index is 12.6. The Bertz CT molecular complexity index is 926. The summed E-state index contributed by atoms with van der Waals surface area (Å²) in [6, 6.07) is 10.4. The molecule has 0 bridgehead atoms. The van der Waals surface area contributed by atoms with E-state index in [0.29, 0.717) is 12.2 Å². The molecule has 0 atom stereocenters. The molecule has 0 aliphatic carbocycles. The maximum Gasteiger partial charge on any atom is 0.223 e. The van der Waals surface area contributed by atoms with Crippen LogP contribution in [0, 0.1) is 19.4 Å². The molecule has 1 aromatic carbocycles. The normalized spacial score (nSPS) is 17.3. The van der Waals surface area contributed by atoms with Gasteiger partial charge in [0.05, 0.1) is 6.57 Å². The maximum atomic E-state index is 12.6. The lowest BCUT2D eigenvalue weighted by Gasteiger charge is -2.32. The lowest BCUT2D eigenvalue weighted by Crippen LogP contribution is -2.43. The number of carbonyl (C=O) groups excluding carboxylic acids is 1. The summed E-state index contributed by atoms with van der Waals surface area (Å²) in [6.45, 7) is 14.5. The van der Waals surface area contributed by atoms with Crippen molar-refractivity contribution in [2.24, 2.45) is 5.92 Å². The SMILES string of the molecule is [C-]#[N+]c1ccc(N2CCC(C(=O)NCCN3CCc4cc(C)ccc4C3)CC2)nc1. The van der Waals surface area contributed by atoms with Crippen LogP contribution in [0.5, 0.6) is 0 Å². The molecule has 30 heavy (non-hydrogen) atoms. The molecule has 6 nitrogen and oxygen atoms in total. The van der Waals surface area contributed by atoms with Crippen molar-refractivity contribution >= 4 is 17.4 Å². The van der Waals surface area contributed by atoms with E-state index in [1.807, 2.05) is 6.07 Å². The largest absolute Gasteiger partial charge is 0.357 e. The Kier molecular flexibility index (Phi) is 6.29. The van der Waals surface area contributed by atoms with Crippen molar-refractivity contribution in [3.05, 3.63) is 64.6 Å². The quantitative estimate of drug-likeness (QED) is 0.778. The third-order valence-corrected chi connectivity index (χ3v) is 6.23. The number of benzene rings is 1. The van der Waals surface area contributed by atoms with Crippen LogP contribution in [-0.2, 0) is 17.8 Å². The fourth-order valence-electron chi connectivity index (χ4n) is 4.41. The predicted octanol–water partition coefficient (Wildman–Crippen LogP) is 3.33. The zero-order valence-electron chi connectivity index (χ0n) is 17.6. The van der Waals surface area contributed by atoms with Gasteiger partial charge < -0.3 is 10.2 Å². The molecule has 1 saturated heterocycles. The molecule has 2 aromatic rings. The van der Waals surface area contributed by atoms with Crippen molar-refractivity contribution in [2.75, 3.05) is 37.6 Å². The van der Waals surface area contributed by atoms with E-state index in [9.17, 15) is 4.79 Å². The predicted molar refractivity (Wildman–Crippen MR) is 119 cm³/mol. The second kappa shape index (κ2) is 9.27. The van der Waals surface area contributed by atoms with Gasteiger partial charge in [-0.25, -0.2) is 4.85 Å². The highest BCUT2D eigenvalue weighted by molar-refractivity contribution is 5.79. The van der Waals surface area contributed by atoms with Crippen molar-refractivity contribution in [2.45, 2.75) is 32.7 Å². The summed E-state index contributed by atoms with van der Waals surface area (Å²) in [5.41, 5.74) is 4.78. The number of aromatic nitrogens is 1. The van der Waals surface area contributed by atoms with E-state index in [2.05, 4.69) is 50.1 Å². The molecule has 2 aliphatic rings. The minimum absolute atomic E-state index is 0.0776. The molecule has 0 spiro atoms. The van der Waals surface area contributed by atoms with Crippen molar-refractivity contribution in [1.29, 1.82) is 0 Å². The van der Waals surface area contributed by atoms with Gasteiger partial charge in [0, 0.05) is 51.4 Å². The fraction of sp³-hybridized carbons (Fsp3) is 0.458. The molecule has 1 fully saturated rings. The molecule has 156 valence electrons. The number of pyridine rings is 1. The zero-order valence-corrected chi connectivity index (χ0v) is 17.6. The zero-order chi connectivity index (χ0) is 20.9. The summed E-state index contributed by atoms with van der Waals surface area (Å²) in [6.07, 6.45) is 4.39. The van der Waals surface area contributed by atoms with Gasteiger partial charge in [0.25, 0.3) is 0 Å². The van der Waals surface area contributed by atoms with Gasteiger partial charge >= 0.3 is 0 Å². The second-order valence-electron chi connectivity index (χ2n) is 8.34. The minimum Gasteiger partial charge on any atom is -0.357 e. The molecular formula is C24H29N5O. The average molecular weight is 404 g/mol. The summed E-state index contributed by atoms with van der Waals surface area (Å²) in [7, 11) is 0. The monoisotopic (exact) mass is 403 g/mol. The van der Waals surface area contributed by atoms with Gasteiger partial charge in [0.1, 0.15) is 5.82 Å². The van der Waals surface area contributed by atoms with E-state index in [0.717, 1.165) is 57.8 Å². The van der Waals surface area contributed by atoms with Crippen LogP contribution in [0.3, 0.4) is 0 Å². The van der Waals surface area contributed by atoms with Gasteiger partial charge in [-0.1, -0.05) is 29.8 Å². The molecule has 2 aliphatic heterocycles. The molecule has 0 saturated carbocycles. The topological polar surface area (TPSA) is 52.8 Å². The third-order valence-electron chi connectivity index (χ3n) is 6.23. The van der Waals surface area contributed by atoms with Crippen LogP contribution in [0.25, 0.3) is 4.85 Å².